The van der Waals surface area contributed by atoms with Crippen LogP contribution in [-0.4, -0.2) is 40.6 Å². The number of nitrogens with zero attached hydrogens (tertiary/aromatic N) is 2. The molecular formula is C25H32N2O5S. The first-order valence-corrected chi connectivity index (χ1v) is 12.5. The summed E-state index contributed by atoms with van der Waals surface area (Å²) in [6.07, 6.45) is 3.26. The van der Waals surface area contributed by atoms with Gasteiger partial charge in [-0.15, -0.1) is 0 Å². The number of hydrogen-bond acceptors (Lipinski definition) is 6. The quantitative estimate of drug-likeness (QED) is 0.269. The molecular weight excluding hydrogens is 440 g/mol. The zero-order chi connectivity index (χ0) is 23.8. The number of aryl methyl sites for hydroxylation is 2. The smallest absolute Gasteiger partial charge is 0.269 e. The standard InChI is InChI=1S/C25H32N2O5S/c1-5-6-9-21-12-14-22(15-13-21)23-10-7-8-11-24(23)33(28,29)27(18-31-17-16-30-4)25-19(2)20(3)26-32-25/h7-8,10-15H,5-6,9,16-18H2,1-4H3. The third-order valence-corrected chi connectivity index (χ3v) is 7.30. The van der Waals surface area contributed by atoms with E-state index in [4.69, 9.17) is 14.0 Å². The van der Waals surface area contributed by atoms with E-state index in [2.05, 4.69) is 24.2 Å². The summed E-state index contributed by atoms with van der Waals surface area (Å²) in [6.45, 7) is 6.09. The minimum atomic E-state index is -4.02. The topological polar surface area (TPSA) is 81.9 Å². The molecule has 0 N–H and O–H groups in total. The van der Waals surface area contributed by atoms with Crippen LogP contribution >= 0.6 is 0 Å². The number of methoxy groups -OCH3 is 1. The van der Waals surface area contributed by atoms with Crippen molar-refractivity contribution in [1.82, 2.24) is 5.16 Å². The van der Waals surface area contributed by atoms with Crippen LogP contribution in [0.1, 0.15) is 36.6 Å². The lowest BCUT2D eigenvalue weighted by Crippen LogP contribution is -2.34. The van der Waals surface area contributed by atoms with Crippen molar-refractivity contribution >= 4 is 15.9 Å². The SMILES string of the molecule is CCCCc1ccc(-c2ccccc2S(=O)(=O)N(COCCOC)c2onc(C)c2C)cc1. The third kappa shape index (κ3) is 5.82. The molecule has 33 heavy (non-hydrogen) atoms. The molecule has 0 atom stereocenters. The molecule has 3 rings (SSSR count). The van der Waals surface area contributed by atoms with Crippen LogP contribution in [0.2, 0.25) is 0 Å². The van der Waals surface area contributed by atoms with Crippen molar-refractivity contribution in [2.24, 2.45) is 0 Å². The second kappa shape index (κ2) is 11.4. The van der Waals surface area contributed by atoms with Crippen molar-refractivity contribution in [3.8, 4) is 11.1 Å². The van der Waals surface area contributed by atoms with Gasteiger partial charge in [0.2, 0.25) is 5.88 Å². The van der Waals surface area contributed by atoms with Gasteiger partial charge in [0.15, 0.2) is 0 Å². The Morgan fingerprint density at radius 1 is 1.03 bits per heavy atom. The zero-order valence-corrected chi connectivity index (χ0v) is 20.5. The predicted octanol–water partition coefficient (Wildman–Crippen LogP) is 5.12. The largest absolute Gasteiger partial charge is 0.382 e. The summed E-state index contributed by atoms with van der Waals surface area (Å²) in [4.78, 5) is 0.176. The van der Waals surface area contributed by atoms with Gasteiger partial charge in [0.25, 0.3) is 10.0 Å². The molecule has 178 valence electrons. The Balaban J connectivity index is 2.01. The molecule has 1 aromatic heterocycles. The number of anilines is 1. The van der Waals surface area contributed by atoms with Gasteiger partial charge in [0, 0.05) is 18.2 Å². The molecule has 0 aliphatic carbocycles. The van der Waals surface area contributed by atoms with E-state index in [0.29, 0.717) is 23.4 Å². The fourth-order valence-electron chi connectivity index (χ4n) is 3.44. The fraction of sp³-hybridized carbons (Fsp3) is 0.400. The average Bonchev–Trinajstić information content (AvgIpc) is 3.15. The summed E-state index contributed by atoms with van der Waals surface area (Å²) < 4.78 is 44.9. The molecule has 1 heterocycles. The van der Waals surface area contributed by atoms with Crippen LogP contribution < -0.4 is 4.31 Å². The van der Waals surface area contributed by atoms with Gasteiger partial charge in [0.1, 0.15) is 6.73 Å². The molecule has 0 bridgehead atoms. The van der Waals surface area contributed by atoms with E-state index in [-0.39, 0.29) is 24.1 Å². The van der Waals surface area contributed by atoms with E-state index in [0.717, 1.165) is 29.1 Å². The van der Waals surface area contributed by atoms with E-state index in [1.54, 1.807) is 33.1 Å². The van der Waals surface area contributed by atoms with Gasteiger partial charge in [0.05, 0.1) is 23.8 Å². The maximum absolute atomic E-state index is 13.9. The molecule has 0 unspecified atom stereocenters. The van der Waals surface area contributed by atoms with Crippen LogP contribution in [0.25, 0.3) is 11.1 Å². The number of ether oxygens (including phenoxy) is 2. The lowest BCUT2D eigenvalue weighted by Gasteiger charge is -2.23. The minimum Gasteiger partial charge on any atom is -0.382 e. The van der Waals surface area contributed by atoms with Crippen LogP contribution in [0.5, 0.6) is 0 Å². The van der Waals surface area contributed by atoms with Crippen molar-refractivity contribution in [3.05, 3.63) is 65.4 Å². The Labute approximate surface area is 196 Å². The highest BCUT2D eigenvalue weighted by Gasteiger charge is 2.32. The highest BCUT2D eigenvalue weighted by Crippen LogP contribution is 2.34. The summed E-state index contributed by atoms with van der Waals surface area (Å²) in [5.41, 5.74) is 3.96. The first-order chi connectivity index (χ1) is 15.9. The van der Waals surface area contributed by atoms with Crippen LogP contribution in [0.4, 0.5) is 5.88 Å². The monoisotopic (exact) mass is 472 g/mol. The van der Waals surface area contributed by atoms with E-state index in [1.165, 1.54) is 5.56 Å². The molecule has 2 aromatic carbocycles. The van der Waals surface area contributed by atoms with Crippen LogP contribution in [0.3, 0.4) is 0 Å². The van der Waals surface area contributed by atoms with Crippen molar-refractivity contribution in [2.45, 2.75) is 44.9 Å². The Hall–Kier alpha value is -2.68. The summed E-state index contributed by atoms with van der Waals surface area (Å²) in [5, 5.41) is 3.94. The summed E-state index contributed by atoms with van der Waals surface area (Å²) in [6, 6.07) is 15.0. The molecule has 0 aliphatic rings. The number of benzene rings is 2. The fourth-order valence-corrected chi connectivity index (χ4v) is 5.00. The maximum Gasteiger partial charge on any atom is 0.269 e. The predicted molar refractivity (Wildman–Crippen MR) is 129 cm³/mol. The second-order valence-corrected chi connectivity index (χ2v) is 9.71. The maximum atomic E-state index is 13.9. The van der Waals surface area contributed by atoms with Gasteiger partial charge in [-0.2, -0.15) is 0 Å². The van der Waals surface area contributed by atoms with E-state index in [9.17, 15) is 8.42 Å². The van der Waals surface area contributed by atoms with Gasteiger partial charge in [-0.1, -0.05) is 61.0 Å². The molecule has 0 saturated carbocycles. The number of aromatic nitrogens is 1. The molecule has 3 aromatic rings. The Kier molecular flexibility index (Phi) is 8.66. The van der Waals surface area contributed by atoms with Gasteiger partial charge < -0.3 is 14.0 Å². The summed E-state index contributed by atoms with van der Waals surface area (Å²) in [7, 11) is -2.46. The number of rotatable bonds is 12. The number of hydrogen-bond donors (Lipinski definition) is 0. The van der Waals surface area contributed by atoms with Crippen molar-refractivity contribution in [1.29, 1.82) is 0 Å². The van der Waals surface area contributed by atoms with E-state index < -0.39 is 10.0 Å². The van der Waals surface area contributed by atoms with Crippen molar-refractivity contribution < 1.29 is 22.4 Å². The first-order valence-electron chi connectivity index (χ1n) is 11.1. The molecule has 0 fully saturated rings. The van der Waals surface area contributed by atoms with Crippen LogP contribution in [-0.2, 0) is 25.9 Å². The molecule has 0 spiro atoms. The van der Waals surface area contributed by atoms with E-state index in [1.807, 2.05) is 24.3 Å². The zero-order valence-electron chi connectivity index (χ0n) is 19.7. The van der Waals surface area contributed by atoms with Crippen LogP contribution in [0.15, 0.2) is 57.9 Å². The molecule has 0 amide bonds. The number of unbranched alkanes of at least 4 members (excludes halogenated alkanes) is 1. The Morgan fingerprint density at radius 3 is 2.39 bits per heavy atom. The van der Waals surface area contributed by atoms with Crippen LogP contribution in [0, 0.1) is 13.8 Å². The Morgan fingerprint density at radius 2 is 1.76 bits per heavy atom. The molecule has 7 nitrogen and oxygen atoms in total. The lowest BCUT2D eigenvalue weighted by molar-refractivity contribution is 0.0744. The van der Waals surface area contributed by atoms with Gasteiger partial charge in [-0.05, 0) is 43.9 Å². The third-order valence-electron chi connectivity index (χ3n) is 5.54. The molecule has 8 heteroatoms. The minimum absolute atomic E-state index is 0.148. The highest BCUT2D eigenvalue weighted by molar-refractivity contribution is 7.93. The van der Waals surface area contributed by atoms with Gasteiger partial charge in [-0.25, -0.2) is 12.7 Å². The van der Waals surface area contributed by atoms with Gasteiger partial charge in [-0.3, -0.25) is 0 Å². The van der Waals surface area contributed by atoms with Gasteiger partial charge >= 0.3 is 0 Å². The molecule has 0 radical (unpaired) electrons. The normalized spacial score (nSPS) is 11.6. The molecule has 0 saturated heterocycles. The first kappa shape index (κ1) is 25.0. The summed E-state index contributed by atoms with van der Waals surface area (Å²) >= 11 is 0. The van der Waals surface area contributed by atoms with Crippen molar-refractivity contribution in [2.75, 3.05) is 31.4 Å². The highest BCUT2D eigenvalue weighted by atomic mass is 32.2. The Bertz CT molecular complexity index is 1140. The second-order valence-electron chi connectivity index (χ2n) is 7.88. The summed E-state index contributed by atoms with van der Waals surface area (Å²) in [5.74, 6) is 0.148. The number of sulfonamides is 1. The molecule has 0 aliphatic heterocycles. The van der Waals surface area contributed by atoms with Crippen molar-refractivity contribution in [3.63, 3.8) is 0 Å². The lowest BCUT2D eigenvalue weighted by atomic mass is 10.0. The average molecular weight is 473 g/mol. The van der Waals surface area contributed by atoms with E-state index >= 15 is 0 Å².